The lowest BCUT2D eigenvalue weighted by Crippen LogP contribution is -2.17. The lowest BCUT2D eigenvalue weighted by Gasteiger charge is -2.08. The van der Waals surface area contributed by atoms with Gasteiger partial charge in [0.05, 0.1) is 16.3 Å². The van der Waals surface area contributed by atoms with Crippen molar-refractivity contribution in [3.8, 4) is 0 Å². The number of hydrogen-bond donors (Lipinski definition) is 1. The molecule has 0 heterocycles. The minimum absolute atomic E-state index is 0.151. The van der Waals surface area contributed by atoms with Crippen LogP contribution in [0.5, 0.6) is 0 Å². The number of hydrogen-bond acceptors (Lipinski definition) is 4. The van der Waals surface area contributed by atoms with Gasteiger partial charge in [-0.3, -0.25) is 4.72 Å². The lowest BCUT2D eigenvalue weighted by atomic mass is 10.3. The fourth-order valence-corrected chi connectivity index (χ4v) is 3.12. The van der Waals surface area contributed by atoms with Gasteiger partial charge in [-0.05, 0) is 24.6 Å². The molecule has 1 N–H and O–H groups in total. The van der Waals surface area contributed by atoms with Crippen molar-refractivity contribution in [3.63, 3.8) is 0 Å². The molecule has 0 saturated carbocycles. The first-order chi connectivity index (χ1) is 8.15. The van der Waals surface area contributed by atoms with Crippen molar-refractivity contribution in [2.75, 3.05) is 10.5 Å². The predicted octanol–water partition coefficient (Wildman–Crippen LogP) is 1.90. The summed E-state index contributed by atoms with van der Waals surface area (Å²) in [5.41, 5.74) is -0.312. The van der Waals surface area contributed by atoms with Gasteiger partial charge in [-0.25, -0.2) is 21.2 Å². The minimum Gasteiger partial charge on any atom is -0.281 e. The predicted molar refractivity (Wildman–Crippen MR) is 67.1 cm³/mol. The number of nitrogens with one attached hydrogen (secondary N) is 1. The zero-order valence-electron chi connectivity index (χ0n) is 9.35. The van der Waals surface area contributed by atoms with Gasteiger partial charge in [-0.2, -0.15) is 0 Å². The van der Waals surface area contributed by atoms with Crippen molar-refractivity contribution < 1.29 is 21.2 Å². The molecule has 18 heavy (non-hydrogen) atoms. The number of benzene rings is 1. The maximum atomic E-state index is 13.5. The summed E-state index contributed by atoms with van der Waals surface area (Å²) in [6, 6.07) is 2.69. The molecule has 0 unspecified atom stereocenters. The Bertz CT molecular complexity index is 643. The number of halogens is 2. The first kappa shape index (κ1) is 15.2. The third-order valence-corrected chi connectivity index (χ3v) is 4.79. The van der Waals surface area contributed by atoms with Crippen molar-refractivity contribution in [3.05, 3.63) is 24.0 Å². The Morgan fingerprint density at radius 2 is 1.89 bits per heavy atom. The van der Waals surface area contributed by atoms with Crippen LogP contribution in [0.4, 0.5) is 10.1 Å². The van der Waals surface area contributed by atoms with E-state index in [0.29, 0.717) is 12.5 Å². The van der Waals surface area contributed by atoms with E-state index in [1.807, 2.05) is 4.72 Å². The maximum absolute atomic E-state index is 13.5. The Morgan fingerprint density at radius 1 is 1.28 bits per heavy atom. The zero-order chi connectivity index (χ0) is 14.0. The second-order valence-corrected chi connectivity index (χ2v) is 7.91. The van der Waals surface area contributed by atoms with E-state index >= 15 is 0 Å². The van der Waals surface area contributed by atoms with Crippen LogP contribution in [-0.4, -0.2) is 22.6 Å². The molecule has 0 atom stereocenters. The van der Waals surface area contributed by atoms with E-state index in [2.05, 4.69) is 0 Å². The number of sulfonamides is 1. The van der Waals surface area contributed by atoms with Gasteiger partial charge < -0.3 is 0 Å². The molecule has 0 spiro atoms. The van der Waals surface area contributed by atoms with Crippen molar-refractivity contribution in [2.24, 2.45) is 0 Å². The van der Waals surface area contributed by atoms with Gasteiger partial charge in [0.1, 0.15) is 5.82 Å². The first-order valence-electron chi connectivity index (χ1n) is 4.90. The van der Waals surface area contributed by atoms with E-state index in [1.54, 1.807) is 6.92 Å². The van der Waals surface area contributed by atoms with E-state index in [1.165, 1.54) is 0 Å². The molecule has 0 amide bonds. The van der Waals surface area contributed by atoms with Gasteiger partial charge in [0.15, 0.2) is 0 Å². The fraction of sp³-hybridized carbons (Fsp3) is 0.333. The largest absolute Gasteiger partial charge is 0.281 e. The average molecular weight is 316 g/mol. The van der Waals surface area contributed by atoms with E-state index < -0.39 is 29.8 Å². The van der Waals surface area contributed by atoms with Crippen molar-refractivity contribution in [1.29, 1.82) is 0 Å². The second kappa shape index (κ2) is 5.41. The maximum Gasteiger partial charge on any atom is 0.261 e. The van der Waals surface area contributed by atoms with Gasteiger partial charge in [0.25, 0.3) is 9.05 Å². The van der Waals surface area contributed by atoms with Gasteiger partial charge in [0.2, 0.25) is 10.0 Å². The summed E-state index contributed by atoms with van der Waals surface area (Å²) in [5, 5.41) is 0. The molecule has 9 heteroatoms. The third kappa shape index (κ3) is 4.11. The van der Waals surface area contributed by atoms with E-state index in [0.717, 1.165) is 12.1 Å². The Labute approximate surface area is 109 Å². The summed E-state index contributed by atoms with van der Waals surface area (Å²) < 4.78 is 60.2. The molecule has 1 aromatic carbocycles. The summed E-state index contributed by atoms with van der Waals surface area (Å²) >= 11 is 0. The molecule has 1 aromatic rings. The Balaban J connectivity index is 3.08. The molecule has 0 aromatic heterocycles. The summed E-state index contributed by atoms with van der Waals surface area (Å²) in [6.07, 6.45) is 0.380. The highest BCUT2D eigenvalue weighted by atomic mass is 35.7. The van der Waals surface area contributed by atoms with Gasteiger partial charge in [0, 0.05) is 10.7 Å². The molecule has 0 saturated heterocycles. The lowest BCUT2D eigenvalue weighted by molar-refractivity contribution is 0.596. The van der Waals surface area contributed by atoms with Crippen LogP contribution in [0.1, 0.15) is 13.3 Å². The molecule has 0 radical (unpaired) electrons. The van der Waals surface area contributed by atoms with Crippen molar-refractivity contribution in [1.82, 2.24) is 0 Å². The molecule has 1 rings (SSSR count). The molecule has 0 aliphatic carbocycles. The molecule has 0 bridgehead atoms. The summed E-state index contributed by atoms with van der Waals surface area (Å²) in [4.78, 5) is -0.430. The Morgan fingerprint density at radius 3 is 2.33 bits per heavy atom. The van der Waals surface area contributed by atoms with E-state index in [9.17, 15) is 21.2 Å². The van der Waals surface area contributed by atoms with Crippen molar-refractivity contribution in [2.45, 2.75) is 18.2 Å². The highest BCUT2D eigenvalue weighted by molar-refractivity contribution is 8.13. The van der Waals surface area contributed by atoms with E-state index in [-0.39, 0.29) is 11.4 Å². The second-order valence-electron chi connectivity index (χ2n) is 3.50. The summed E-state index contributed by atoms with van der Waals surface area (Å²) in [6.45, 7) is 1.67. The molecular weight excluding hydrogens is 305 g/mol. The molecule has 0 aliphatic rings. The Hall–Kier alpha value is -0.860. The molecule has 0 aliphatic heterocycles. The average Bonchev–Trinajstić information content (AvgIpc) is 2.19. The minimum atomic E-state index is -4.04. The van der Waals surface area contributed by atoms with Crippen LogP contribution in [0.25, 0.3) is 0 Å². The van der Waals surface area contributed by atoms with Gasteiger partial charge in [-0.15, -0.1) is 0 Å². The molecular formula is C9H11ClFNO4S2. The normalized spacial score (nSPS) is 12.4. The molecule has 102 valence electrons. The van der Waals surface area contributed by atoms with Crippen LogP contribution < -0.4 is 4.72 Å². The SMILES string of the molecule is CCCS(=O)(=O)Nc1ccc(S(=O)(=O)Cl)cc1F. The van der Waals surface area contributed by atoms with Crippen LogP contribution in [0.2, 0.25) is 0 Å². The van der Waals surface area contributed by atoms with E-state index in [4.69, 9.17) is 10.7 Å². The standard InChI is InChI=1S/C9H11ClFNO4S2/c1-2-5-17(13,14)12-9-4-3-7(6-8(9)11)18(10,15)16/h3-4,6,12H,2,5H2,1H3. The summed E-state index contributed by atoms with van der Waals surface area (Å²) in [7, 11) is -2.64. The van der Waals surface area contributed by atoms with Crippen LogP contribution in [-0.2, 0) is 19.1 Å². The topological polar surface area (TPSA) is 80.3 Å². The third-order valence-electron chi connectivity index (χ3n) is 1.96. The first-order valence-corrected chi connectivity index (χ1v) is 8.86. The van der Waals surface area contributed by atoms with Crippen LogP contribution >= 0.6 is 10.7 Å². The molecule has 0 fully saturated rings. The highest BCUT2D eigenvalue weighted by Crippen LogP contribution is 2.22. The van der Waals surface area contributed by atoms with Crippen LogP contribution in [0.15, 0.2) is 23.1 Å². The van der Waals surface area contributed by atoms with Crippen LogP contribution in [0, 0.1) is 5.82 Å². The number of rotatable bonds is 5. The van der Waals surface area contributed by atoms with Gasteiger partial charge in [-0.1, -0.05) is 6.92 Å². The quantitative estimate of drug-likeness (QED) is 0.842. The summed E-state index contributed by atoms with van der Waals surface area (Å²) in [5.74, 6) is -1.15. The number of anilines is 1. The highest BCUT2D eigenvalue weighted by Gasteiger charge is 2.16. The Kier molecular flexibility index (Phi) is 4.57. The zero-order valence-corrected chi connectivity index (χ0v) is 11.7. The smallest absolute Gasteiger partial charge is 0.261 e. The van der Waals surface area contributed by atoms with Gasteiger partial charge >= 0.3 is 0 Å². The molecule has 5 nitrogen and oxygen atoms in total. The van der Waals surface area contributed by atoms with Crippen molar-refractivity contribution >= 4 is 35.4 Å². The fourth-order valence-electron chi connectivity index (χ4n) is 1.22. The van der Waals surface area contributed by atoms with Crippen LogP contribution in [0.3, 0.4) is 0 Å². The monoisotopic (exact) mass is 315 g/mol.